The van der Waals surface area contributed by atoms with Crippen LogP contribution in [0.4, 0.5) is 0 Å². The van der Waals surface area contributed by atoms with Crippen molar-refractivity contribution in [2.24, 2.45) is 11.7 Å². The Morgan fingerprint density at radius 2 is 2.39 bits per heavy atom. The molecule has 0 amide bonds. The van der Waals surface area contributed by atoms with Gasteiger partial charge in [0.1, 0.15) is 0 Å². The van der Waals surface area contributed by atoms with E-state index in [1.54, 1.807) is 6.20 Å². The monoisotopic (exact) mass is 243 g/mol. The van der Waals surface area contributed by atoms with Crippen LogP contribution in [0.5, 0.6) is 0 Å². The Balaban J connectivity index is 2.28. The van der Waals surface area contributed by atoms with Crippen LogP contribution in [-0.2, 0) is 12.0 Å². The number of rotatable bonds is 0. The van der Waals surface area contributed by atoms with Gasteiger partial charge in [0.05, 0.1) is 5.54 Å². The van der Waals surface area contributed by atoms with Crippen LogP contribution >= 0.6 is 0 Å². The molecule has 18 heavy (non-hydrogen) atoms. The second-order valence-corrected chi connectivity index (χ2v) is 5.30. The number of aromatic amines is 1. The minimum absolute atomic E-state index is 0.292. The Morgan fingerprint density at radius 3 is 3.11 bits per heavy atom. The predicted molar refractivity (Wildman–Crippen MR) is 70.0 cm³/mol. The summed E-state index contributed by atoms with van der Waals surface area (Å²) < 4.78 is 0. The maximum absolute atomic E-state index is 11.3. The molecule has 0 aliphatic heterocycles. The van der Waals surface area contributed by atoms with Crippen molar-refractivity contribution >= 4 is 0 Å². The van der Waals surface area contributed by atoms with E-state index in [9.17, 15) is 4.79 Å². The first-order chi connectivity index (χ1) is 8.54. The lowest BCUT2D eigenvalue weighted by atomic mass is 9.64. The summed E-state index contributed by atoms with van der Waals surface area (Å²) in [5, 5.41) is 0. The van der Waals surface area contributed by atoms with Gasteiger partial charge in [-0.3, -0.25) is 0 Å². The third kappa shape index (κ3) is 1.42. The van der Waals surface area contributed by atoms with Crippen LogP contribution in [0.25, 0.3) is 0 Å². The largest absolute Gasteiger partial charge is 0.345 e. The molecule has 4 heteroatoms. The highest BCUT2D eigenvalue weighted by atomic mass is 16.1. The summed E-state index contributed by atoms with van der Waals surface area (Å²) >= 11 is 0. The zero-order valence-electron chi connectivity index (χ0n) is 10.7. The summed E-state index contributed by atoms with van der Waals surface area (Å²) in [5.41, 5.74) is 10.3. The maximum atomic E-state index is 11.3. The number of nitrogens with zero attached hydrogens (tertiary/aromatic N) is 1. The van der Waals surface area contributed by atoms with E-state index in [0.29, 0.717) is 5.92 Å². The van der Waals surface area contributed by atoms with Crippen molar-refractivity contribution in [1.29, 1.82) is 0 Å². The lowest BCUT2D eigenvalue weighted by Crippen LogP contribution is -2.48. The fourth-order valence-corrected chi connectivity index (χ4v) is 3.45. The molecule has 0 radical (unpaired) electrons. The van der Waals surface area contributed by atoms with Crippen molar-refractivity contribution < 1.29 is 0 Å². The van der Waals surface area contributed by atoms with Crippen molar-refractivity contribution in [3.8, 4) is 0 Å². The molecule has 0 unspecified atom stereocenters. The Hall–Kier alpha value is -1.68. The number of aromatic nitrogens is 2. The Kier molecular flexibility index (Phi) is 2.32. The number of fused-ring (bicyclic) bond motifs is 4. The maximum Gasteiger partial charge on any atom is 0.345 e. The quantitative estimate of drug-likeness (QED) is 0.676. The zero-order chi connectivity index (χ0) is 12.9. The smallest absolute Gasteiger partial charge is 0.318 e. The molecule has 3 N–H and O–H groups in total. The second-order valence-electron chi connectivity index (χ2n) is 5.30. The molecule has 0 saturated carbocycles. The molecule has 1 aromatic rings. The Morgan fingerprint density at radius 1 is 1.61 bits per heavy atom. The van der Waals surface area contributed by atoms with Crippen LogP contribution in [0.3, 0.4) is 0 Å². The number of nitrogens with one attached hydrogen (secondary N) is 1. The van der Waals surface area contributed by atoms with Crippen LogP contribution < -0.4 is 11.4 Å². The zero-order valence-corrected chi connectivity index (χ0v) is 10.7. The SMILES string of the molecule is C/C=C1\[C@H]2C=C(C)C[C@]1(N)c1cnc(=O)[nH]c1C2. The molecule has 94 valence electrons. The lowest BCUT2D eigenvalue weighted by molar-refractivity contribution is 0.407. The molecular formula is C14H17N3O. The first-order valence-electron chi connectivity index (χ1n) is 6.26. The van der Waals surface area contributed by atoms with Crippen molar-refractivity contribution in [1.82, 2.24) is 9.97 Å². The average molecular weight is 243 g/mol. The Bertz CT molecular complexity index is 626. The van der Waals surface area contributed by atoms with E-state index in [0.717, 1.165) is 24.1 Å². The molecule has 4 nitrogen and oxygen atoms in total. The molecule has 3 rings (SSSR count). The van der Waals surface area contributed by atoms with Crippen LogP contribution in [0.2, 0.25) is 0 Å². The molecule has 0 aromatic carbocycles. The molecule has 0 spiro atoms. The predicted octanol–water partition coefficient (Wildman–Crippen LogP) is 1.39. The first-order valence-corrected chi connectivity index (χ1v) is 6.26. The lowest BCUT2D eigenvalue weighted by Gasteiger charge is -2.44. The first kappa shape index (κ1) is 11.4. The van der Waals surface area contributed by atoms with Gasteiger partial charge < -0.3 is 10.7 Å². The van der Waals surface area contributed by atoms with Gasteiger partial charge in [0.15, 0.2) is 0 Å². The molecule has 1 heterocycles. The minimum Gasteiger partial charge on any atom is -0.318 e. The standard InChI is InChI=1S/C14H17N3O/c1-3-10-9-4-8(2)6-14(10,15)11-7-16-13(18)17-12(11)5-9/h3-4,7,9H,5-6,15H2,1-2H3,(H,16,17,18)/b10-3+/t9-,14+/m0/s1. The van der Waals surface area contributed by atoms with Gasteiger partial charge in [-0.25, -0.2) is 9.78 Å². The van der Waals surface area contributed by atoms with Crippen LogP contribution in [0.15, 0.2) is 34.3 Å². The third-order valence-electron chi connectivity index (χ3n) is 4.07. The van der Waals surface area contributed by atoms with Gasteiger partial charge in [-0.2, -0.15) is 0 Å². The molecular weight excluding hydrogens is 226 g/mol. The number of allylic oxidation sites excluding steroid dienone is 2. The van der Waals surface area contributed by atoms with Gasteiger partial charge in [0, 0.05) is 23.4 Å². The molecule has 0 fully saturated rings. The van der Waals surface area contributed by atoms with Crippen molar-refractivity contribution in [2.45, 2.75) is 32.2 Å². The van der Waals surface area contributed by atoms with E-state index in [1.807, 2.05) is 6.92 Å². The summed E-state index contributed by atoms with van der Waals surface area (Å²) in [6.45, 7) is 4.15. The summed E-state index contributed by atoms with van der Waals surface area (Å²) in [6, 6.07) is 0. The van der Waals surface area contributed by atoms with Crippen LogP contribution in [-0.4, -0.2) is 9.97 Å². The van der Waals surface area contributed by atoms with Gasteiger partial charge >= 0.3 is 5.69 Å². The number of H-pyrrole nitrogens is 1. The van der Waals surface area contributed by atoms with E-state index in [1.165, 1.54) is 11.1 Å². The molecule has 2 bridgehead atoms. The summed E-state index contributed by atoms with van der Waals surface area (Å²) in [7, 11) is 0. The highest BCUT2D eigenvalue weighted by Crippen LogP contribution is 2.47. The van der Waals surface area contributed by atoms with Gasteiger partial charge in [0.25, 0.3) is 0 Å². The average Bonchev–Trinajstić information content (AvgIpc) is 2.26. The van der Waals surface area contributed by atoms with Gasteiger partial charge in [0.2, 0.25) is 0 Å². The summed E-state index contributed by atoms with van der Waals surface area (Å²) in [5.74, 6) is 0.305. The van der Waals surface area contributed by atoms with Crippen molar-refractivity contribution in [2.75, 3.05) is 0 Å². The fourth-order valence-electron chi connectivity index (χ4n) is 3.45. The molecule has 2 aliphatic rings. The van der Waals surface area contributed by atoms with E-state index < -0.39 is 5.54 Å². The number of hydrogen-bond donors (Lipinski definition) is 2. The van der Waals surface area contributed by atoms with Crippen LogP contribution in [0, 0.1) is 5.92 Å². The Labute approximate surface area is 106 Å². The minimum atomic E-state index is -0.497. The summed E-state index contributed by atoms with van der Waals surface area (Å²) in [6.07, 6.45) is 7.63. The van der Waals surface area contributed by atoms with Crippen molar-refractivity contribution in [3.05, 3.63) is 51.2 Å². The van der Waals surface area contributed by atoms with Crippen molar-refractivity contribution in [3.63, 3.8) is 0 Å². The molecule has 2 aliphatic carbocycles. The summed E-state index contributed by atoms with van der Waals surface area (Å²) in [4.78, 5) is 18.0. The number of hydrogen-bond acceptors (Lipinski definition) is 3. The normalized spacial score (nSPS) is 32.1. The van der Waals surface area contributed by atoms with E-state index in [2.05, 4.69) is 29.0 Å². The van der Waals surface area contributed by atoms with Gasteiger partial charge in [-0.1, -0.05) is 17.7 Å². The molecule has 0 saturated heterocycles. The highest BCUT2D eigenvalue weighted by molar-refractivity contribution is 5.47. The van der Waals surface area contributed by atoms with Gasteiger partial charge in [-0.05, 0) is 32.3 Å². The fraction of sp³-hybridized carbons (Fsp3) is 0.429. The third-order valence-corrected chi connectivity index (χ3v) is 4.07. The second kappa shape index (κ2) is 3.65. The molecule has 2 atom stereocenters. The topological polar surface area (TPSA) is 71.8 Å². The van der Waals surface area contributed by atoms with Gasteiger partial charge in [-0.15, -0.1) is 0 Å². The highest BCUT2D eigenvalue weighted by Gasteiger charge is 2.44. The number of nitrogens with two attached hydrogens (primary N) is 1. The van der Waals surface area contributed by atoms with E-state index in [-0.39, 0.29) is 5.69 Å². The molecule has 1 aromatic heterocycles. The van der Waals surface area contributed by atoms with Crippen LogP contribution in [0.1, 0.15) is 31.5 Å². The van der Waals surface area contributed by atoms with E-state index >= 15 is 0 Å². The van der Waals surface area contributed by atoms with E-state index in [4.69, 9.17) is 5.73 Å².